The summed E-state index contributed by atoms with van der Waals surface area (Å²) in [6.07, 6.45) is 3.29. The van der Waals surface area contributed by atoms with Crippen molar-refractivity contribution in [2.75, 3.05) is 6.54 Å². The number of hydrogen-bond donors (Lipinski definition) is 3. The fraction of sp³-hybridized carbons (Fsp3) is 0.923. The Bertz CT molecular complexity index is 262. The Kier molecular flexibility index (Phi) is 4.95. The normalized spacial score (nSPS) is 21.1. The van der Waals surface area contributed by atoms with Gasteiger partial charge in [0.25, 0.3) is 0 Å². The number of amides is 1. The fourth-order valence-electron chi connectivity index (χ4n) is 2.28. The quantitative estimate of drug-likeness (QED) is 0.624. The first-order chi connectivity index (χ1) is 7.93. The molecule has 1 aliphatic rings. The van der Waals surface area contributed by atoms with Gasteiger partial charge in [0.1, 0.15) is 0 Å². The van der Waals surface area contributed by atoms with Crippen LogP contribution in [0.25, 0.3) is 0 Å². The summed E-state index contributed by atoms with van der Waals surface area (Å²) >= 11 is 0. The largest absolute Gasteiger partial charge is 0.392 e. The molecule has 0 heterocycles. The number of aliphatic hydroxyl groups excluding tert-OH is 1. The van der Waals surface area contributed by atoms with E-state index in [1.165, 1.54) is 0 Å². The van der Waals surface area contributed by atoms with Crippen LogP contribution in [0.5, 0.6) is 0 Å². The van der Waals surface area contributed by atoms with Crippen LogP contribution >= 0.6 is 0 Å². The van der Waals surface area contributed by atoms with Crippen molar-refractivity contribution in [2.45, 2.75) is 58.6 Å². The Morgan fingerprint density at radius 1 is 1.47 bits per heavy atom. The monoisotopic (exact) mass is 242 g/mol. The van der Waals surface area contributed by atoms with Crippen molar-refractivity contribution >= 4 is 5.91 Å². The second-order valence-electron chi connectivity index (χ2n) is 5.66. The van der Waals surface area contributed by atoms with E-state index in [0.29, 0.717) is 13.0 Å². The Balaban J connectivity index is 2.38. The molecule has 1 fully saturated rings. The molecule has 17 heavy (non-hydrogen) atoms. The highest BCUT2D eigenvalue weighted by Gasteiger charge is 2.49. The molecule has 4 N–H and O–H groups in total. The van der Waals surface area contributed by atoms with Crippen molar-refractivity contribution in [3.63, 3.8) is 0 Å². The molecule has 4 nitrogen and oxygen atoms in total. The van der Waals surface area contributed by atoms with Crippen molar-refractivity contribution in [1.29, 1.82) is 0 Å². The van der Waals surface area contributed by atoms with E-state index < -0.39 is 6.04 Å². The van der Waals surface area contributed by atoms with Crippen LogP contribution in [0.15, 0.2) is 0 Å². The van der Waals surface area contributed by atoms with Gasteiger partial charge in [-0.2, -0.15) is 0 Å². The zero-order valence-electron chi connectivity index (χ0n) is 11.2. The highest BCUT2D eigenvalue weighted by Crippen LogP contribution is 2.50. The summed E-state index contributed by atoms with van der Waals surface area (Å²) in [4.78, 5) is 11.7. The van der Waals surface area contributed by atoms with Gasteiger partial charge in [-0.3, -0.25) is 4.79 Å². The molecule has 0 aromatic carbocycles. The second kappa shape index (κ2) is 5.83. The maximum absolute atomic E-state index is 11.7. The lowest BCUT2D eigenvalue weighted by Crippen LogP contribution is -2.45. The van der Waals surface area contributed by atoms with E-state index in [1.54, 1.807) is 0 Å². The molecule has 1 amide bonds. The molecule has 1 rings (SSSR count). The Labute approximate surface area is 104 Å². The highest BCUT2D eigenvalue weighted by molar-refractivity contribution is 5.81. The minimum absolute atomic E-state index is 0.0875. The lowest BCUT2D eigenvalue weighted by atomic mass is 9.90. The third kappa shape index (κ3) is 3.68. The number of aliphatic hydroxyl groups is 1. The maximum Gasteiger partial charge on any atom is 0.236 e. The summed E-state index contributed by atoms with van der Waals surface area (Å²) in [6, 6.07) is -0.410. The van der Waals surface area contributed by atoms with Gasteiger partial charge >= 0.3 is 0 Å². The van der Waals surface area contributed by atoms with Crippen LogP contribution in [0.3, 0.4) is 0 Å². The number of nitrogens with one attached hydrogen (secondary N) is 1. The van der Waals surface area contributed by atoms with Gasteiger partial charge < -0.3 is 16.2 Å². The second-order valence-corrected chi connectivity index (χ2v) is 5.66. The molecule has 1 saturated carbocycles. The summed E-state index contributed by atoms with van der Waals surface area (Å²) in [6.45, 7) is 6.59. The first-order valence-corrected chi connectivity index (χ1v) is 6.64. The van der Waals surface area contributed by atoms with Crippen LogP contribution < -0.4 is 11.1 Å². The zero-order chi connectivity index (χ0) is 13.1. The molecule has 2 unspecified atom stereocenters. The third-order valence-corrected chi connectivity index (χ3v) is 3.70. The van der Waals surface area contributed by atoms with Gasteiger partial charge in [-0.1, -0.05) is 27.2 Å². The van der Waals surface area contributed by atoms with E-state index in [1.807, 2.05) is 20.8 Å². The SMILES string of the molecule is CCCC(N)C(=O)NCC1(C(O)C(C)C)CC1. The van der Waals surface area contributed by atoms with Gasteiger partial charge in [0.15, 0.2) is 0 Å². The van der Waals surface area contributed by atoms with E-state index in [9.17, 15) is 9.90 Å². The lowest BCUT2D eigenvalue weighted by Gasteiger charge is -2.26. The summed E-state index contributed by atoms with van der Waals surface area (Å²) in [5.74, 6) is 0.146. The topological polar surface area (TPSA) is 75.4 Å². The van der Waals surface area contributed by atoms with Crippen LogP contribution in [0.1, 0.15) is 46.5 Å². The first kappa shape index (κ1) is 14.5. The Morgan fingerprint density at radius 2 is 2.06 bits per heavy atom. The molecular weight excluding hydrogens is 216 g/mol. The van der Waals surface area contributed by atoms with Crippen molar-refractivity contribution in [1.82, 2.24) is 5.32 Å². The van der Waals surface area contributed by atoms with E-state index in [4.69, 9.17) is 5.73 Å². The van der Waals surface area contributed by atoms with Gasteiger partial charge in [0.05, 0.1) is 12.1 Å². The van der Waals surface area contributed by atoms with E-state index >= 15 is 0 Å². The van der Waals surface area contributed by atoms with E-state index in [-0.39, 0.29) is 23.3 Å². The smallest absolute Gasteiger partial charge is 0.236 e. The molecule has 0 bridgehead atoms. The van der Waals surface area contributed by atoms with E-state index in [0.717, 1.165) is 19.3 Å². The summed E-state index contributed by atoms with van der Waals surface area (Å²) in [5.41, 5.74) is 5.65. The van der Waals surface area contributed by atoms with Crippen molar-refractivity contribution in [3.8, 4) is 0 Å². The first-order valence-electron chi connectivity index (χ1n) is 6.64. The summed E-state index contributed by atoms with van der Waals surface area (Å²) in [7, 11) is 0. The fourth-order valence-corrected chi connectivity index (χ4v) is 2.28. The number of hydrogen-bond acceptors (Lipinski definition) is 3. The predicted molar refractivity (Wildman–Crippen MR) is 68.4 cm³/mol. The minimum Gasteiger partial charge on any atom is -0.392 e. The van der Waals surface area contributed by atoms with Gasteiger partial charge in [0, 0.05) is 12.0 Å². The van der Waals surface area contributed by atoms with Crippen LogP contribution in [-0.2, 0) is 4.79 Å². The van der Waals surface area contributed by atoms with Crippen LogP contribution in [0.4, 0.5) is 0 Å². The predicted octanol–water partition coefficient (Wildman–Crippen LogP) is 1.03. The zero-order valence-corrected chi connectivity index (χ0v) is 11.2. The molecule has 100 valence electrons. The minimum atomic E-state index is -0.410. The molecular formula is C13H26N2O2. The Hall–Kier alpha value is -0.610. The molecule has 0 aliphatic heterocycles. The van der Waals surface area contributed by atoms with Gasteiger partial charge in [-0.05, 0) is 25.2 Å². The molecule has 0 saturated heterocycles. The lowest BCUT2D eigenvalue weighted by molar-refractivity contribution is -0.123. The number of carbonyl (C=O) groups is 1. The highest BCUT2D eigenvalue weighted by atomic mass is 16.3. The standard InChI is InChI=1S/C13H26N2O2/c1-4-5-10(14)12(17)15-8-13(6-7-13)11(16)9(2)3/h9-11,16H,4-8,14H2,1-3H3,(H,15,17). The summed E-state index contributed by atoms with van der Waals surface area (Å²) in [5, 5.41) is 13.0. The number of rotatable bonds is 7. The molecule has 1 aliphatic carbocycles. The van der Waals surface area contributed by atoms with Gasteiger partial charge in [-0.25, -0.2) is 0 Å². The maximum atomic E-state index is 11.7. The molecule has 2 atom stereocenters. The van der Waals surface area contributed by atoms with Crippen molar-refractivity contribution in [3.05, 3.63) is 0 Å². The molecule has 0 aromatic rings. The molecule has 0 spiro atoms. The van der Waals surface area contributed by atoms with E-state index in [2.05, 4.69) is 5.32 Å². The van der Waals surface area contributed by atoms with Crippen LogP contribution in [0, 0.1) is 11.3 Å². The average Bonchev–Trinajstić information content (AvgIpc) is 3.06. The average molecular weight is 242 g/mol. The number of nitrogens with two attached hydrogens (primary N) is 1. The van der Waals surface area contributed by atoms with Gasteiger partial charge in [-0.15, -0.1) is 0 Å². The Morgan fingerprint density at radius 3 is 2.47 bits per heavy atom. The van der Waals surface area contributed by atoms with Crippen LogP contribution in [0.2, 0.25) is 0 Å². The number of carbonyl (C=O) groups excluding carboxylic acids is 1. The molecule has 0 radical (unpaired) electrons. The van der Waals surface area contributed by atoms with Gasteiger partial charge in [0.2, 0.25) is 5.91 Å². The summed E-state index contributed by atoms with van der Waals surface area (Å²) < 4.78 is 0. The van der Waals surface area contributed by atoms with Crippen molar-refractivity contribution in [2.24, 2.45) is 17.1 Å². The molecule has 4 heteroatoms. The van der Waals surface area contributed by atoms with Crippen LogP contribution in [-0.4, -0.2) is 29.7 Å². The molecule has 0 aromatic heterocycles. The van der Waals surface area contributed by atoms with Crippen molar-refractivity contribution < 1.29 is 9.90 Å². The third-order valence-electron chi connectivity index (χ3n) is 3.70.